The van der Waals surface area contributed by atoms with Gasteiger partial charge in [0.15, 0.2) is 10.4 Å². The standard InChI is InChI=1S/C16H15BrN2O3S/c17-14-5-4-13(22-14)15(20)18-12-3-1-2-11(10-12)16(21)19-6-8-23-9-7-19/h1-5,10H,6-9H2,(H,18,20). The van der Waals surface area contributed by atoms with Gasteiger partial charge >= 0.3 is 0 Å². The van der Waals surface area contributed by atoms with Crippen LogP contribution in [0.25, 0.3) is 0 Å². The van der Waals surface area contributed by atoms with Crippen LogP contribution in [-0.2, 0) is 0 Å². The molecule has 0 atom stereocenters. The summed E-state index contributed by atoms with van der Waals surface area (Å²) in [7, 11) is 0. The molecule has 23 heavy (non-hydrogen) atoms. The van der Waals surface area contributed by atoms with Gasteiger partial charge in [0, 0.05) is 35.8 Å². The molecule has 0 saturated carbocycles. The minimum absolute atomic E-state index is 0.00198. The van der Waals surface area contributed by atoms with Crippen molar-refractivity contribution in [1.82, 2.24) is 4.90 Å². The Hall–Kier alpha value is -1.73. The van der Waals surface area contributed by atoms with Gasteiger partial charge in [0.05, 0.1) is 0 Å². The number of thioether (sulfide) groups is 1. The second-order valence-electron chi connectivity index (χ2n) is 5.04. The molecule has 1 fully saturated rings. The fourth-order valence-corrected chi connectivity index (χ4v) is 3.52. The molecule has 7 heteroatoms. The van der Waals surface area contributed by atoms with Crippen molar-refractivity contribution < 1.29 is 14.0 Å². The molecule has 2 aromatic rings. The topological polar surface area (TPSA) is 62.6 Å². The molecule has 0 radical (unpaired) electrons. The molecular formula is C16H15BrN2O3S. The lowest BCUT2D eigenvalue weighted by atomic mass is 10.1. The number of carbonyl (C=O) groups excluding carboxylic acids is 2. The molecule has 3 rings (SSSR count). The average molecular weight is 395 g/mol. The monoisotopic (exact) mass is 394 g/mol. The number of benzene rings is 1. The molecule has 1 saturated heterocycles. The molecule has 1 aliphatic rings. The van der Waals surface area contributed by atoms with Crippen LogP contribution in [0, 0.1) is 0 Å². The number of halogens is 1. The second kappa shape index (κ2) is 7.23. The van der Waals surface area contributed by atoms with Crippen LogP contribution < -0.4 is 5.32 Å². The van der Waals surface area contributed by atoms with Crippen LogP contribution in [0.3, 0.4) is 0 Å². The van der Waals surface area contributed by atoms with Gasteiger partial charge in [-0.2, -0.15) is 11.8 Å². The third kappa shape index (κ3) is 3.97. The van der Waals surface area contributed by atoms with Gasteiger partial charge in [-0.15, -0.1) is 0 Å². The van der Waals surface area contributed by atoms with E-state index < -0.39 is 0 Å². The van der Waals surface area contributed by atoms with E-state index >= 15 is 0 Å². The summed E-state index contributed by atoms with van der Waals surface area (Å²) >= 11 is 5.02. The maximum atomic E-state index is 12.5. The summed E-state index contributed by atoms with van der Waals surface area (Å²) in [6.45, 7) is 1.53. The lowest BCUT2D eigenvalue weighted by molar-refractivity contribution is 0.0772. The van der Waals surface area contributed by atoms with Crippen LogP contribution in [0.15, 0.2) is 45.5 Å². The molecule has 1 aliphatic heterocycles. The Balaban J connectivity index is 1.71. The Morgan fingerprint density at radius 2 is 1.96 bits per heavy atom. The van der Waals surface area contributed by atoms with Gasteiger partial charge in [-0.05, 0) is 46.3 Å². The Bertz CT molecular complexity index is 726. The first-order chi connectivity index (χ1) is 11.1. The average Bonchev–Trinajstić information content (AvgIpc) is 3.02. The zero-order valence-corrected chi connectivity index (χ0v) is 14.7. The molecule has 0 bridgehead atoms. The number of furan rings is 1. The lowest BCUT2D eigenvalue weighted by Crippen LogP contribution is -2.37. The maximum Gasteiger partial charge on any atom is 0.291 e. The van der Waals surface area contributed by atoms with Gasteiger partial charge in [-0.1, -0.05) is 6.07 Å². The van der Waals surface area contributed by atoms with Gasteiger partial charge in [0.25, 0.3) is 11.8 Å². The highest BCUT2D eigenvalue weighted by atomic mass is 79.9. The minimum Gasteiger partial charge on any atom is -0.444 e. The highest BCUT2D eigenvalue weighted by Gasteiger charge is 2.19. The molecule has 2 amide bonds. The Labute approximate surface area is 146 Å². The summed E-state index contributed by atoms with van der Waals surface area (Å²) in [5, 5.41) is 2.74. The number of nitrogens with one attached hydrogen (secondary N) is 1. The number of carbonyl (C=O) groups is 2. The van der Waals surface area contributed by atoms with Gasteiger partial charge in [0.2, 0.25) is 0 Å². The number of rotatable bonds is 3. The number of anilines is 1. The van der Waals surface area contributed by atoms with Gasteiger partial charge < -0.3 is 14.6 Å². The minimum atomic E-state index is -0.352. The van der Waals surface area contributed by atoms with Crippen LogP contribution in [-0.4, -0.2) is 41.3 Å². The molecule has 0 unspecified atom stereocenters. The number of nitrogens with zero attached hydrogens (tertiary/aromatic N) is 1. The predicted molar refractivity (Wildman–Crippen MR) is 94.0 cm³/mol. The SMILES string of the molecule is O=C(Nc1cccc(C(=O)N2CCSCC2)c1)c1ccc(Br)o1. The summed E-state index contributed by atoms with van der Waals surface area (Å²) in [6, 6.07) is 10.2. The van der Waals surface area contributed by atoms with Crippen LogP contribution in [0.1, 0.15) is 20.9 Å². The van der Waals surface area contributed by atoms with Crippen molar-refractivity contribution in [2.75, 3.05) is 29.9 Å². The van der Waals surface area contributed by atoms with Crippen molar-refractivity contribution in [1.29, 1.82) is 0 Å². The fourth-order valence-electron chi connectivity index (χ4n) is 2.31. The quantitative estimate of drug-likeness (QED) is 0.865. The summed E-state index contributed by atoms with van der Waals surface area (Å²) < 4.78 is 5.71. The zero-order valence-electron chi connectivity index (χ0n) is 12.3. The summed E-state index contributed by atoms with van der Waals surface area (Å²) in [6.07, 6.45) is 0. The molecule has 2 heterocycles. The molecule has 5 nitrogen and oxygen atoms in total. The molecule has 120 valence electrons. The summed E-state index contributed by atoms with van der Waals surface area (Å²) in [4.78, 5) is 26.4. The third-order valence-electron chi connectivity index (χ3n) is 3.46. The Morgan fingerprint density at radius 3 is 2.65 bits per heavy atom. The third-order valence-corrected chi connectivity index (χ3v) is 4.83. The van der Waals surface area contributed by atoms with E-state index in [1.54, 1.807) is 36.4 Å². The molecule has 0 spiro atoms. The normalized spacial score (nSPS) is 14.6. The van der Waals surface area contributed by atoms with Crippen LogP contribution >= 0.6 is 27.7 Å². The molecule has 1 aromatic carbocycles. The Kier molecular flexibility index (Phi) is 5.07. The van der Waals surface area contributed by atoms with Crippen molar-refractivity contribution >= 4 is 45.2 Å². The lowest BCUT2D eigenvalue weighted by Gasteiger charge is -2.26. The van der Waals surface area contributed by atoms with Crippen LogP contribution in [0.5, 0.6) is 0 Å². The first kappa shape index (κ1) is 16.1. The first-order valence-electron chi connectivity index (χ1n) is 7.17. The highest BCUT2D eigenvalue weighted by molar-refractivity contribution is 9.10. The van der Waals surface area contributed by atoms with Gasteiger partial charge in [-0.25, -0.2) is 0 Å². The van der Waals surface area contributed by atoms with Crippen molar-refractivity contribution in [2.45, 2.75) is 0 Å². The number of hydrogen-bond acceptors (Lipinski definition) is 4. The van der Waals surface area contributed by atoms with E-state index in [0.717, 1.165) is 24.6 Å². The van der Waals surface area contributed by atoms with E-state index in [2.05, 4.69) is 21.2 Å². The van der Waals surface area contributed by atoms with E-state index in [0.29, 0.717) is 15.9 Å². The molecule has 1 N–H and O–H groups in total. The van der Waals surface area contributed by atoms with E-state index in [9.17, 15) is 9.59 Å². The Morgan fingerprint density at radius 1 is 1.17 bits per heavy atom. The largest absolute Gasteiger partial charge is 0.444 e. The van der Waals surface area contributed by atoms with Crippen LogP contribution in [0.2, 0.25) is 0 Å². The fraction of sp³-hybridized carbons (Fsp3) is 0.250. The van der Waals surface area contributed by atoms with E-state index in [1.807, 2.05) is 16.7 Å². The predicted octanol–water partition coefficient (Wildman–Crippen LogP) is 3.48. The van der Waals surface area contributed by atoms with E-state index in [4.69, 9.17) is 4.42 Å². The van der Waals surface area contributed by atoms with Crippen molar-refractivity contribution in [2.24, 2.45) is 0 Å². The smallest absolute Gasteiger partial charge is 0.291 e. The van der Waals surface area contributed by atoms with E-state index in [1.165, 1.54) is 0 Å². The second-order valence-corrected chi connectivity index (χ2v) is 7.05. The summed E-state index contributed by atoms with van der Waals surface area (Å²) in [5.41, 5.74) is 1.15. The molecular weight excluding hydrogens is 380 g/mol. The summed E-state index contributed by atoms with van der Waals surface area (Å²) in [5.74, 6) is 1.80. The zero-order chi connectivity index (χ0) is 16.2. The molecule has 1 aromatic heterocycles. The number of amides is 2. The number of hydrogen-bond donors (Lipinski definition) is 1. The van der Waals surface area contributed by atoms with Gasteiger partial charge in [-0.3, -0.25) is 9.59 Å². The molecule has 0 aliphatic carbocycles. The maximum absolute atomic E-state index is 12.5. The van der Waals surface area contributed by atoms with Crippen LogP contribution in [0.4, 0.5) is 5.69 Å². The van der Waals surface area contributed by atoms with Crippen molar-refractivity contribution in [3.8, 4) is 0 Å². The van der Waals surface area contributed by atoms with Crippen molar-refractivity contribution in [3.63, 3.8) is 0 Å². The van der Waals surface area contributed by atoms with E-state index in [-0.39, 0.29) is 17.6 Å². The van der Waals surface area contributed by atoms with Gasteiger partial charge in [0.1, 0.15) is 0 Å². The first-order valence-corrected chi connectivity index (χ1v) is 9.12. The highest BCUT2D eigenvalue weighted by Crippen LogP contribution is 2.18. The van der Waals surface area contributed by atoms with Crippen molar-refractivity contribution in [3.05, 3.63) is 52.4 Å².